The molecule has 0 aromatic carbocycles. The SMILES string of the molecule is CCCCOCC1CCC1. The zero-order valence-corrected chi connectivity index (χ0v) is 6.94. The molecule has 0 atom stereocenters. The van der Waals surface area contributed by atoms with Gasteiger partial charge >= 0.3 is 0 Å². The Labute approximate surface area is 63.8 Å². The fraction of sp³-hybridized carbons (Fsp3) is 1.00. The van der Waals surface area contributed by atoms with Gasteiger partial charge in [0, 0.05) is 13.2 Å². The zero-order chi connectivity index (χ0) is 7.23. The van der Waals surface area contributed by atoms with Crippen molar-refractivity contribution in [1.82, 2.24) is 0 Å². The first-order chi connectivity index (χ1) is 4.93. The van der Waals surface area contributed by atoms with Gasteiger partial charge in [-0.25, -0.2) is 0 Å². The highest BCUT2D eigenvalue weighted by molar-refractivity contribution is 4.68. The molecule has 1 aliphatic carbocycles. The van der Waals surface area contributed by atoms with E-state index in [4.69, 9.17) is 4.74 Å². The van der Waals surface area contributed by atoms with Gasteiger partial charge in [0.1, 0.15) is 0 Å². The third-order valence-electron chi connectivity index (χ3n) is 2.22. The van der Waals surface area contributed by atoms with Crippen LogP contribution in [0.3, 0.4) is 0 Å². The van der Waals surface area contributed by atoms with Crippen LogP contribution in [0.15, 0.2) is 0 Å². The average Bonchev–Trinajstić information content (AvgIpc) is 1.84. The van der Waals surface area contributed by atoms with Crippen molar-refractivity contribution in [3.63, 3.8) is 0 Å². The molecule has 1 rings (SSSR count). The van der Waals surface area contributed by atoms with E-state index < -0.39 is 0 Å². The second kappa shape index (κ2) is 4.73. The van der Waals surface area contributed by atoms with E-state index in [1.165, 1.54) is 32.1 Å². The Kier molecular flexibility index (Phi) is 3.81. The van der Waals surface area contributed by atoms with E-state index in [9.17, 15) is 0 Å². The van der Waals surface area contributed by atoms with Gasteiger partial charge in [-0.05, 0) is 25.2 Å². The minimum atomic E-state index is 0.914. The van der Waals surface area contributed by atoms with Gasteiger partial charge < -0.3 is 4.74 Å². The Morgan fingerprint density at radius 1 is 1.40 bits per heavy atom. The summed E-state index contributed by atoms with van der Waals surface area (Å²) in [5.41, 5.74) is 0. The van der Waals surface area contributed by atoms with Gasteiger partial charge in [-0.3, -0.25) is 0 Å². The van der Waals surface area contributed by atoms with Gasteiger partial charge in [-0.2, -0.15) is 0 Å². The Bertz CT molecular complexity index is 76.8. The number of hydrogen-bond acceptors (Lipinski definition) is 1. The molecule has 0 radical (unpaired) electrons. The second-order valence-corrected chi connectivity index (χ2v) is 3.23. The summed E-state index contributed by atoms with van der Waals surface area (Å²) in [4.78, 5) is 0. The Balaban J connectivity index is 1.76. The Morgan fingerprint density at radius 2 is 2.20 bits per heavy atom. The highest BCUT2D eigenvalue weighted by Crippen LogP contribution is 2.26. The lowest BCUT2D eigenvalue weighted by atomic mass is 9.86. The summed E-state index contributed by atoms with van der Waals surface area (Å²) in [7, 11) is 0. The normalized spacial score (nSPS) is 18.9. The average molecular weight is 142 g/mol. The molecule has 1 saturated carbocycles. The highest BCUT2D eigenvalue weighted by atomic mass is 16.5. The number of hydrogen-bond donors (Lipinski definition) is 0. The number of rotatable bonds is 5. The van der Waals surface area contributed by atoms with Gasteiger partial charge in [0.05, 0.1) is 0 Å². The minimum absolute atomic E-state index is 0.914. The van der Waals surface area contributed by atoms with E-state index in [1.807, 2.05) is 0 Å². The third-order valence-corrected chi connectivity index (χ3v) is 2.22. The van der Waals surface area contributed by atoms with E-state index in [0.29, 0.717) is 0 Å². The smallest absolute Gasteiger partial charge is 0.0494 e. The van der Waals surface area contributed by atoms with Crippen LogP contribution in [-0.4, -0.2) is 13.2 Å². The molecule has 60 valence electrons. The van der Waals surface area contributed by atoms with E-state index in [2.05, 4.69) is 6.92 Å². The molecule has 10 heavy (non-hydrogen) atoms. The second-order valence-electron chi connectivity index (χ2n) is 3.23. The lowest BCUT2D eigenvalue weighted by molar-refractivity contribution is 0.0686. The van der Waals surface area contributed by atoms with Crippen LogP contribution in [0.5, 0.6) is 0 Å². The monoisotopic (exact) mass is 142 g/mol. The largest absolute Gasteiger partial charge is 0.381 e. The molecule has 0 aromatic rings. The first-order valence-corrected chi connectivity index (χ1v) is 4.51. The maximum absolute atomic E-state index is 5.48. The zero-order valence-electron chi connectivity index (χ0n) is 6.94. The van der Waals surface area contributed by atoms with E-state index >= 15 is 0 Å². The topological polar surface area (TPSA) is 9.23 Å². The molecule has 0 unspecified atom stereocenters. The van der Waals surface area contributed by atoms with Crippen LogP contribution in [0.1, 0.15) is 39.0 Å². The van der Waals surface area contributed by atoms with Crippen molar-refractivity contribution in [2.75, 3.05) is 13.2 Å². The molecule has 0 heterocycles. The van der Waals surface area contributed by atoms with Crippen molar-refractivity contribution in [2.24, 2.45) is 5.92 Å². The van der Waals surface area contributed by atoms with Crippen LogP contribution in [-0.2, 0) is 4.74 Å². The third kappa shape index (κ3) is 2.70. The van der Waals surface area contributed by atoms with Gasteiger partial charge in [0.25, 0.3) is 0 Å². The van der Waals surface area contributed by atoms with Crippen LogP contribution >= 0.6 is 0 Å². The van der Waals surface area contributed by atoms with Crippen molar-refractivity contribution in [3.05, 3.63) is 0 Å². The molecule has 0 aromatic heterocycles. The first kappa shape index (κ1) is 8.06. The molecule has 1 fully saturated rings. The summed E-state index contributed by atoms with van der Waals surface area (Å²) in [6.07, 6.45) is 6.73. The summed E-state index contributed by atoms with van der Waals surface area (Å²) in [6.45, 7) is 4.21. The van der Waals surface area contributed by atoms with Crippen LogP contribution in [0.4, 0.5) is 0 Å². The molecule has 0 bridgehead atoms. The number of ether oxygens (including phenoxy) is 1. The summed E-state index contributed by atoms with van der Waals surface area (Å²) >= 11 is 0. The molecule has 1 nitrogen and oxygen atoms in total. The molecular formula is C9H18O. The maximum Gasteiger partial charge on any atom is 0.0494 e. The van der Waals surface area contributed by atoms with Crippen LogP contribution in [0.25, 0.3) is 0 Å². The van der Waals surface area contributed by atoms with Crippen molar-refractivity contribution >= 4 is 0 Å². The fourth-order valence-electron chi connectivity index (χ4n) is 1.16. The van der Waals surface area contributed by atoms with Gasteiger partial charge in [-0.1, -0.05) is 19.8 Å². The fourth-order valence-corrected chi connectivity index (χ4v) is 1.16. The predicted molar refractivity (Wildman–Crippen MR) is 43.1 cm³/mol. The Hall–Kier alpha value is -0.0400. The van der Waals surface area contributed by atoms with Crippen molar-refractivity contribution in [3.8, 4) is 0 Å². The molecule has 0 aliphatic heterocycles. The van der Waals surface area contributed by atoms with Crippen molar-refractivity contribution in [2.45, 2.75) is 39.0 Å². The molecular weight excluding hydrogens is 124 g/mol. The molecule has 0 N–H and O–H groups in total. The van der Waals surface area contributed by atoms with Crippen LogP contribution in [0.2, 0.25) is 0 Å². The van der Waals surface area contributed by atoms with Gasteiger partial charge in [-0.15, -0.1) is 0 Å². The molecule has 0 amide bonds. The Morgan fingerprint density at radius 3 is 2.70 bits per heavy atom. The summed E-state index contributed by atoms with van der Waals surface area (Å²) < 4.78 is 5.48. The van der Waals surface area contributed by atoms with E-state index in [-0.39, 0.29) is 0 Å². The molecule has 1 aliphatic rings. The summed E-state index contributed by atoms with van der Waals surface area (Å²) in [5, 5.41) is 0. The van der Waals surface area contributed by atoms with Crippen LogP contribution < -0.4 is 0 Å². The van der Waals surface area contributed by atoms with Gasteiger partial charge in [0.15, 0.2) is 0 Å². The van der Waals surface area contributed by atoms with Crippen LogP contribution in [0, 0.1) is 5.92 Å². The lowest BCUT2D eigenvalue weighted by Crippen LogP contribution is -2.17. The molecule has 0 saturated heterocycles. The minimum Gasteiger partial charge on any atom is -0.381 e. The first-order valence-electron chi connectivity index (χ1n) is 4.51. The van der Waals surface area contributed by atoms with Crippen molar-refractivity contribution < 1.29 is 4.74 Å². The highest BCUT2D eigenvalue weighted by Gasteiger charge is 2.16. The quantitative estimate of drug-likeness (QED) is 0.536. The molecule has 1 heteroatoms. The number of unbranched alkanes of at least 4 members (excludes halogenated alkanes) is 1. The summed E-state index contributed by atoms with van der Waals surface area (Å²) in [6, 6.07) is 0. The molecule has 0 spiro atoms. The summed E-state index contributed by atoms with van der Waals surface area (Å²) in [5.74, 6) is 0.914. The van der Waals surface area contributed by atoms with E-state index in [1.54, 1.807) is 0 Å². The standard InChI is InChI=1S/C9H18O/c1-2-3-7-10-8-9-5-4-6-9/h9H,2-8H2,1H3. The lowest BCUT2D eigenvalue weighted by Gasteiger charge is -2.24. The predicted octanol–water partition coefficient (Wildman–Crippen LogP) is 2.60. The van der Waals surface area contributed by atoms with Crippen molar-refractivity contribution in [1.29, 1.82) is 0 Å². The maximum atomic E-state index is 5.48. The van der Waals surface area contributed by atoms with E-state index in [0.717, 1.165) is 19.1 Å². The van der Waals surface area contributed by atoms with Gasteiger partial charge in [0.2, 0.25) is 0 Å².